The fourth-order valence-electron chi connectivity index (χ4n) is 2.21. The zero-order valence-corrected chi connectivity index (χ0v) is 10.2. The maximum absolute atomic E-state index is 5.35. The highest BCUT2D eigenvalue weighted by atomic mass is 16.5. The van der Waals surface area contributed by atoms with Gasteiger partial charge < -0.3 is 14.6 Å². The first-order valence-electron chi connectivity index (χ1n) is 6.06. The number of hydrogen-bond acceptors (Lipinski definition) is 5. The van der Waals surface area contributed by atoms with Gasteiger partial charge in [0.25, 0.3) is 0 Å². The van der Waals surface area contributed by atoms with E-state index >= 15 is 0 Å². The lowest BCUT2D eigenvalue weighted by molar-refractivity contribution is 0.359. The third-order valence-corrected chi connectivity index (χ3v) is 3.20. The van der Waals surface area contributed by atoms with Crippen LogP contribution in [0.2, 0.25) is 0 Å². The van der Waals surface area contributed by atoms with Crippen molar-refractivity contribution in [1.82, 2.24) is 15.5 Å². The second-order valence-corrected chi connectivity index (χ2v) is 4.35. The van der Waals surface area contributed by atoms with Crippen molar-refractivity contribution in [2.75, 3.05) is 20.2 Å². The number of aromatic nitrogens is 2. The van der Waals surface area contributed by atoms with E-state index in [9.17, 15) is 0 Å². The number of ether oxygens (including phenoxy) is 1. The highest BCUT2D eigenvalue weighted by Crippen LogP contribution is 2.29. The molecule has 1 aliphatic heterocycles. The molecule has 0 spiro atoms. The Morgan fingerprint density at radius 1 is 1.39 bits per heavy atom. The summed E-state index contributed by atoms with van der Waals surface area (Å²) in [6, 6.07) is 7.68. The van der Waals surface area contributed by atoms with Gasteiger partial charge in [0.1, 0.15) is 5.75 Å². The smallest absolute Gasteiger partial charge is 0.231 e. The Labute approximate surface area is 105 Å². The van der Waals surface area contributed by atoms with Crippen molar-refractivity contribution in [1.29, 1.82) is 0 Å². The van der Waals surface area contributed by atoms with Crippen molar-refractivity contribution in [3.8, 4) is 17.1 Å². The van der Waals surface area contributed by atoms with Gasteiger partial charge in [-0.3, -0.25) is 0 Å². The largest absolute Gasteiger partial charge is 0.496 e. The van der Waals surface area contributed by atoms with Crippen molar-refractivity contribution in [3.63, 3.8) is 0 Å². The molecule has 94 valence electrons. The molecule has 1 atom stereocenters. The van der Waals surface area contributed by atoms with Crippen LogP contribution in [0.5, 0.6) is 5.75 Å². The first-order chi connectivity index (χ1) is 8.88. The summed E-state index contributed by atoms with van der Waals surface area (Å²) in [5.74, 6) is 2.39. The van der Waals surface area contributed by atoms with Gasteiger partial charge in [-0.1, -0.05) is 17.3 Å². The Morgan fingerprint density at radius 3 is 3.06 bits per heavy atom. The average Bonchev–Trinajstić information content (AvgIpc) is 3.09. The van der Waals surface area contributed by atoms with Gasteiger partial charge in [0.15, 0.2) is 0 Å². The monoisotopic (exact) mass is 245 g/mol. The van der Waals surface area contributed by atoms with Gasteiger partial charge in [-0.2, -0.15) is 4.98 Å². The van der Waals surface area contributed by atoms with Gasteiger partial charge in [0, 0.05) is 6.54 Å². The second-order valence-electron chi connectivity index (χ2n) is 4.35. The van der Waals surface area contributed by atoms with Crippen LogP contribution in [-0.2, 0) is 0 Å². The summed E-state index contributed by atoms with van der Waals surface area (Å²) >= 11 is 0. The first-order valence-corrected chi connectivity index (χ1v) is 6.06. The molecule has 2 aromatic rings. The molecule has 0 aliphatic carbocycles. The van der Waals surface area contributed by atoms with Crippen LogP contribution >= 0.6 is 0 Å². The van der Waals surface area contributed by atoms with E-state index in [1.165, 1.54) is 0 Å². The van der Waals surface area contributed by atoms with Gasteiger partial charge in [-0.25, -0.2) is 0 Å². The molecule has 0 saturated carbocycles. The number of methoxy groups -OCH3 is 1. The van der Waals surface area contributed by atoms with E-state index < -0.39 is 0 Å². The Balaban J connectivity index is 1.92. The van der Waals surface area contributed by atoms with Crippen LogP contribution in [0.4, 0.5) is 0 Å². The molecular formula is C13H15N3O2. The maximum atomic E-state index is 5.35. The molecule has 1 fully saturated rings. The van der Waals surface area contributed by atoms with Crippen molar-refractivity contribution in [3.05, 3.63) is 30.2 Å². The Hall–Kier alpha value is -1.88. The SMILES string of the molecule is COc1ccccc1-c1noc([C@@H]2CCNC2)n1. The number of para-hydroxylation sites is 1. The molecule has 5 heteroatoms. The van der Waals surface area contributed by atoms with Gasteiger partial charge in [0.05, 0.1) is 18.6 Å². The number of rotatable bonds is 3. The molecule has 1 aliphatic rings. The van der Waals surface area contributed by atoms with Crippen molar-refractivity contribution < 1.29 is 9.26 Å². The molecule has 0 amide bonds. The first kappa shape index (κ1) is 11.2. The van der Waals surface area contributed by atoms with Crippen molar-refractivity contribution in [2.45, 2.75) is 12.3 Å². The minimum Gasteiger partial charge on any atom is -0.496 e. The Kier molecular flexibility index (Phi) is 2.98. The Morgan fingerprint density at radius 2 is 2.28 bits per heavy atom. The lowest BCUT2D eigenvalue weighted by Gasteiger charge is -2.03. The zero-order chi connectivity index (χ0) is 12.4. The normalized spacial score (nSPS) is 19.1. The van der Waals surface area contributed by atoms with E-state index in [1.54, 1.807) is 7.11 Å². The van der Waals surface area contributed by atoms with E-state index in [0.717, 1.165) is 30.8 Å². The average molecular weight is 245 g/mol. The molecule has 1 aromatic carbocycles. The van der Waals surface area contributed by atoms with E-state index in [1.807, 2.05) is 24.3 Å². The molecule has 18 heavy (non-hydrogen) atoms. The highest BCUT2D eigenvalue weighted by molar-refractivity contribution is 5.63. The number of nitrogens with one attached hydrogen (secondary N) is 1. The highest BCUT2D eigenvalue weighted by Gasteiger charge is 2.23. The van der Waals surface area contributed by atoms with Gasteiger partial charge >= 0.3 is 0 Å². The molecule has 0 radical (unpaired) electrons. The fraction of sp³-hybridized carbons (Fsp3) is 0.385. The summed E-state index contributed by atoms with van der Waals surface area (Å²) in [6.45, 7) is 1.92. The molecule has 2 heterocycles. The van der Waals surface area contributed by atoms with E-state index in [2.05, 4.69) is 15.5 Å². The third-order valence-electron chi connectivity index (χ3n) is 3.20. The molecule has 0 unspecified atom stereocenters. The Bertz CT molecular complexity index is 533. The number of nitrogens with zero attached hydrogens (tertiary/aromatic N) is 2. The number of hydrogen-bond donors (Lipinski definition) is 1. The lowest BCUT2D eigenvalue weighted by Crippen LogP contribution is -2.08. The molecule has 3 rings (SSSR count). The molecule has 5 nitrogen and oxygen atoms in total. The lowest BCUT2D eigenvalue weighted by atomic mass is 10.1. The topological polar surface area (TPSA) is 60.2 Å². The molecule has 1 aromatic heterocycles. The minimum absolute atomic E-state index is 0.334. The molecule has 1 N–H and O–H groups in total. The maximum Gasteiger partial charge on any atom is 0.231 e. The van der Waals surface area contributed by atoms with E-state index in [0.29, 0.717) is 17.6 Å². The van der Waals surface area contributed by atoms with E-state index in [-0.39, 0.29) is 0 Å². The summed E-state index contributed by atoms with van der Waals surface area (Å²) in [6.07, 6.45) is 1.05. The van der Waals surface area contributed by atoms with Crippen molar-refractivity contribution >= 4 is 0 Å². The molecule has 1 saturated heterocycles. The molecule has 0 bridgehead atoms. The van der Waals surface area contributed by atoms with Crippen molar-refractivity contribution in [2.24, 2.45) is 0 Å². The third kappa shape index (κ3) is 1.97. The van der Waals surface area contributed by atoms with Gasteiger partial charge in [-0.05, 0) is 25.1 Å². The van der Waals surface area contributed by atoms with Crippen LogP contribution in [0, 0.1) is 0 Å². The van der Waals surface area contributed by atoms with Crippen LogP contribution in [-0.4, -0.2) is 30.3 Å². The summed E-state index contributed by atoms with van der Waals surface area (Å²) in [5, 5.41) is 7.34. The summed E-state index contributed by atoms with van der Waals surface area (Å²) < 4.78 is 10.6. The van der Waals surface area contributed by atoms with Crippen LogP contribution < -0.4 is 10.1 Å². The van der Waals surface area contributed by atoms with Crippen LogP contribution in [0.1, 0.15) is 18.2 Å². The van der Waals surface area contributed by atoms with Crippen LogP contribution in [0.3, 0.4) is 0 Å². The number of benzene rings is 1. The minimum atomic E-state index is 0.334. The van der Waals surface area contributed by atoms with E-state index in [4.69, 9.17) is 9.26 Å². The predicted octanol–water partition coefficient (Wildman–Crippen LogP) is 1.82. The summed E-state index contributed by atoms with van der Waals surface area (Å²) in [5.41, 5.74) is 0.862. The quantitative estimate of drug-likeness (QED) is 0.893. The standard InChI is InChI=1S/C13H15N3O2/c1-17-11-5-3-2-4-10(11)12-15-13(18-16-12)9-6-7-14-8-9/h2-5,9,14H,6-8H2,1H3/t9-/m1/s1. The summed E-state index contributed by atoms with van der Waals surface area (Å²) in [7, 11) is 1.64. The van der Waals surface area contributed by atoms with Gasteiger partial charge in [0.2, 0.25) is 11.7 Å². The van der Waals surface area contributed by atoms with Crippen LogP contribution in [0.25, 0.3) is 11.4 Å². The fourth-order valence-corrected chi connectivity index (χ4v) is 2.21. The second kappa shape index (κ2) is 4.78. The van der Waals surface area contributed by atoms with Gasteiger partial charge in [-0.15, -0.1) is 0 Å². The molecular weight excluding hydrogens is 230 g/mol. The predicted molar refractivity (Wildman–Crippen MR) is 66.5 cm³/mol. The van der Waals surface area contributed by atoms with Crippen LogP contribution in [0.15, 0.2) is 28.8 Å². The summed E-state index contributed by atoms with van der Waals surface area (Å²) in [4.78, 5) is 4.47. The zero-order valence-electron chi connectivity index (χ0n) is 10.2.